The van der Waals surface area contributed by atoms with Crippen LogP contribution in [-0.4, -0.2) is 20.5 Å². The second-order valence-electron chi connectivity index (χ2n) is 6.65. The fraction of sp³-hybridized carbons (Fsp3) is 0.0476. The van der Waals surface area contributed by atoms with E-state index in [1.54, 1.807) is 47.3 Å². The number of nitrogens with two attached hydrogens (primary N) is 2. The third-order valence-corrected chi connectivity index (χ3v) is 5.04. The molecule has 0 atom stereocenters. The highest BCUT2D eigenvalue weighted by molar-refractivity contribution is 6.33. The first-order chi connectivity index (χ1) is 14.9. The van der Waals surface area contributed by atoms with Crippen molar-refractivity contribution in [2.75, 3.05) is 11.5 Å². The van der Waals surface area contributed by atoms with Crippen molar-refractivity contribution in [3.63, 3.8) is 0 Å². The van der Waals surface area contributed by atoms with Gasteiger partial charge in [-0.05, 0) is 42.5 Å². The number of benzene rings is 2. The molecule has 2 aromatic carbocycles. The molecule has 4 rings (SSSR count). The summed E-state index contributed by atoms with van der Waals surface area (Å²) in [5.74, 6) is 1.22. The van der Waals surface area contributed by atoms with Gasteiger partial charge in [0.05, 0.1) is 46.0 Å². The summed E-state index contributed by atoms with van der Waals surface area (Å²) in [6.45, 7) is 0.149. The molecule has 31 heavy (non-hydrogen) atoms. The normalized spacial score (nSPS) is 10.7. The molecule has 4 aromatic rings. The summed E-state index contributed by atoms with van der Waals surface area (Å²) in [5.41, 5.74) is 13.3. The number of hydrogen-bond acceptors (Lipinski definition) is 7. The number of nitriles is 1. The first-order valence-electron chi connectivity index (χ1n) is 8.98. The largest absolute Gasteiger partial charge is 0.455 e. The van der Waals surface area contributed by atoms with Crippen molar-refractivity contribution in [2.24, 2.45) is 0 Å². The molecule has 5 N–H and O–H groups in total. The van der Waals surface area contributed by atoms with Crippen molar-refractivity contribution in [3.8, 4) is 17.6 Å². The molecule has 0 saturated carbocycles. The molecule has 0 unspecified atom stereocenters. The van der Waals surface area contributed by atoms with Crippen molar-refractivity contribution < 1.29 is 4.74 Å². The number of pyridine rings is 1. The lowest BCUT2D eigenvalue weighted by atomic mass is 10.1. The van der Waals surface area contributed by atoms with Gasteiger partial charge in [-0.1, -0.05) is 23.2 Å². The first-order valence-corrected chi connectivity index (χ1v) is 9.73. The summed E-state index contributed by atoms with van der Waals surface area (Å²) < 4.78 is 7.60. The number of nitrogen functional groups attached to an aromatic ring is 2. The minimum atomic E-state index is 0.149. The molecule has 0 aliphatic carbocycles. The molecule has 0 spiro atoms. The second-order valence-corrected chi connectivity index (χ2v) is 7.49. The van der Waals surface area contributed by atoms with Crippen LogP contribution < -0.4 is 16.2 Å². The zero-order valence-electron chi connectivity index (χ0n) is 15.9. The number of nitrogens with one attached hydrogen (secondary N) is 1. The number of rotatable bonds is 5. The standard InChI is InChI=1S/C21H15Cl2N7O/c22-12-5-11(8-24)6-13(7-12)31-20-15-9-28-30(18(15)3-2-16(20)23)10-17(25)14-1-4-19(26)29-21(14)27/h1-7,9,25H,10H2,(H4,26,27,29). The minimum absolute atomic E-state index is 0.149. The lowest BCUT2D eigenvalue weighted by molar-refractivity contribution is 0.488. The molecule has 2 aromatic heterocycles. The molecule has 0 saturated heterocycles. The van der Waals surface area contributed by atoms with E-state index in [1.165, 1.54) is 6.07 Å². The molecule has 10 heteroatoms. The summed E-state index contributed by atoms with van der Waals surface area (Å²) in [5, 5.41) is 23.3. The Hall–Kier alpha value is -3.80. The number of hydrogen-bond donors (Lipinski definition) is 3. The van der Waals surface area contributed by atoms with Crippen LogP contribution in [0.25, 0.3) is 10.9 Å². The SMILES string of the molecule is N#Cc1cc(Cl)cc(Oc2c(Cl)ccc3c2cnn3CC(=N)c2ccc(N)nc2N)c1. The van der Waals surface area contributed by atoms with E-state index in [0.717, 1.165) is 0 Å². The number of fused-ring (bicyclic) bond motifs is 1. The minimum Gasteiger partial charge on any atom is -0.455 e. The van der Waals surface area contributed by atoms with Crippen LogP contribution in [-0.2, 0) is 6.54 Å². The molecule has 0 fully saturated rings. The lowest BCUT2D eigenvalue weighted by Gasteiger charge is -2.11. The zero-order chi connectivity index (χ0) is 22.1. The van der Waals surface area contributed by atoms with Crippen LogP contribution >= 0.6 is 23.2 Å². The van der Waals surface area contributed by atoms with Crippen molar-refractivity contribution >= 4 is 51.5 Å². The summed E-state index contributed by atoms with van der Waals surface area (Å²) in [6, 6.07) is 13.4. The maximum Gasteiger partial charge on any atom is 0.157 e. The van der Waals surface area contributed by atoms with E-state index in [4.69, 9.17) is 50.1 Å². The van der Waals surface area contributed by atoms with Gasteiger partial charge in [0, 0.05) is 10.6 Å². The van der Waals surface area contributed by atoms with Crippen molar-refractivity contribution in [3.05, 3.63) is 69.8 Å². The van der Waals surface area contributed by atoms with Crippen molar-refractivity contribution in [1.82, 2.24) is 14.8 Å². The Morgan fingerprint density at radius 2 is 1.97 bits per heavy atom. The number of anilines is 2. The number of aromatic nitrogens is 3. The van der Waals surface area contributed by atoms with Crippen LogP contribution in [0, 0.1) is 16.7 Å². The van der Waals surface area contributed by atoms with Crippen LogP contribution in [0.5, 0.6) is 11.5 Å². The second kappa shape index (κ2) is 8.14. The number of ether oxygens (including phenoxy) is 1. The van der Waals surface area contributed by atoms with E-state index in [2.05, 4.69) is 10.1 Å². The third kappa shape index (κ3) is 4.10. The topological polar surface area (TPSA) is 140 Å². The Morgan fingerprint density at radius 1 is 1.16 bits per heavy atom. The quantitative estimate of drug-likeness (QED) is 0.377. The van der Waals surface area contributed by atoms with Crippen molar-refractivity contribution in [2.45, 2.75) is 6.54 Å². The highest BCUT2D eigenvalue weighted by Gasteiger charge is 2.16. The molecular formula is C21H15Cl2N7O. The zero-order valence-corrected chi connectivity index (χ0v) is 17.4. The molecule has 2 heterocycles. The van der Waals surface area contributed by atoms with E-state index < -0.39 is 0 Å². The van der Waals surface area contributed by atoms with Crippen LogP contribution in [0.3, 0.4) is 0 Å². The molecule has 0 aliphatic rings. The summed E-state index contributed by atoms with van der Waals surface area (Å²) >= 11 is 12.4. The first kappa shape index (κ1) is 20.5. The van der Waals surface area contributed by atoms with E-state index in [1.807, 2.05) is 6.07 Å². The monoisotopic (exact) mass is 451 g/mol. The molecule has 0 aliphatic heterocycles. The van der Waals surface area contributed by atoms with Gasteiger partial charge >= 0.3 is 0 Å². The Balaban J connectivity index is 1.69. The average Bonchev–Trinajstić information content (AvgIpc) is 3.12. The molecule has 0 amide bonds. The van der Waals surface area contributed by atoms with Crippen LogP contribution in [0.1, 0.15) is 11.1 Å². The fourth-order valence-electron chi connectivity index (χ4n) is 3.12. The van der Waals surface area contributed by atoms with E-state index in [0.29, 0.717) is 43.6 Å². The summed E-state index contributed by atoms with van der Waals surface area (Å²) in [7, 11) is 0. The maximum absolute atomic E-state index is 9.15. The van der Waals surface area contributed by atoms with Crippen molar-refractivity contribution in [1.29, 1.82) is 10.7 Å². The smallest absolute Gasteiger partial charge is 0.157 e. The third-order valence-electron chi connectivity index (χ3n) is 4.53. The van der Waals surface area contributed by atoms with Gasteiger partial charge < -0.3 is 21.6 Å². The fourth-order valence-corrected chi connectivity index (χ4v) is 3.55. The van der Waals surface area contributed by atoms with E-state index in [9.17, 15) is 0 Å². The average molecular weight is 452 g/mol. The molecule has 154 valence electrons. The van der Waals surface area contributed by atoms with Gasteiger partial charge in [-0.15, -0.1) is 0 Å². The molecule has 0 bridgehead atoms. The number of halogens is 2. The molecular weight excluding hydrogens is 437 g/mol. The van der Waals surface area contributed by atoms with E-state index in [-0.39, 0.29) is 23.9 Å². The lowest BCUT2D eigenvalue weighted by Crippen LogP contribution is -2.14. The summed E-state index contributed by atoms with van der Waals surface area (Å²) in [4.78, 5) is 3.99. The Labute approximate surface area is 187 Å². The highest BCUT2D eigenvalue weighted by atomic mass is 35.5. The maximum atomic E-state index is 9.15. The van der Waals surface area contributed by atoms with Gasteiger partial charge in [-0.25, -0.2) is 4.98 Å². The molecule has 8 nitrogen and oxygen atoms in total. The Bertz CT molecular complexity index is 1370. The summed E-state index contributed by atoms with van der Waals surface area (Å²) in [6.07, 6.45) is 1.60. The van der Waals surface area contributed by atoms with Crippen LogP contribution in [0.4, 0.5) is 11.6 Å². The van der Waals surface area contributed by atoms with Gasteiger partial charge in [0.15, 0.2) is 5.75 Å². The van der Waals surface area contributed by atoms with Gasteiger partial charge in [-0.2, -0.15) is 10.4 Å². The highest BCUT2D eigenvalue weighted by Crippen LogP contribution is 2.37. The van der Waals surface area contributed by atoms with Crippen LogP contribution in [0.2, 0.25) is 10.0 Å². The van der Waals surface area contributed by atoms with Gasteiger partial charge in [-0.3, -0.25) is 4.68 Å². The Morgan fingerprint density at radius 3 is 2.71 bits per heavy atom. The van der Waals surface area contributed by atoms with Gasteiger partial charge in [0.2, 0.25) is 0 Å². The van der Waals surface area contributed by atoms with Gasteiger partial charge in [0.1, 0.15) is 17.4 Å². The Kier molecular flexibility index (Phi) is 5.38. The molecule has 0 radical (unpaired) electrons. The van der Waals surface area contributed by atoms with Gasteiger partial charge in [0.25, 0.3) is 0 Å². The predicted molar refractivity (Wildman–Crippen MR) is 121 cm³/mol. The predicted octanol–water partition coefficient (Wildman–Crippen LogP) is 4.63. The van der Waals surface area contributed by atoms with E-state index >= 15 is 0 Å². The van der Waals surface area contributed by atoms with Crippen LogP contribution in [0.15, 0.2) is 48.7 Å². The number of nitrogens with zero attached hydrogens (tertiary/aromatic N) is 4.